The van der Waals surface area contributed by atoms with E-state index in [4.69, 9.17) is 0 Å². The number of carbonyl (C=O) groups excluding carboxylic acids is 1. The van der Waals surface area contributed by atoms with E-state index < -0.39 is 10.0 Å². The molecular formula is C23H35N3O3S. The minimum Gasteiger partial charge on any atom is -0.361 e. The first-order chi connectivity index (χ1) is 14.3. The minimum absolute atomic E-state index is 0.0688. The van der Waals surface area contributed by atoms with Crippen molar-refractivity contribution >= 4 is 21.6 Å². The SMILES string of the molecule is CC1(C)CN(CC(=O)NC2CCCCCC2)c2ccc(S(=O)(=O)N3CCCC3)cc21. The van der Waals surface area contributed by atoms with Gasteiger partial charge in [-0.3, -0.25) is 4.79 Å². The fourth-order valence-electron chi connectivity index (χ4n) is 5.23. The molecule has 0 bridgehead atoms. The fraction of sp³-hybridized carbons (Fsp3) is 0.696. The van der Waals surface area contributed by atoms with Crippen molar-refractivity contribution in [3.05, 3.63) is 23.8 Å². The Kier molecular flexibility index (Phi) is 6.13. The van der Waals surface area contributed by atoms with E-state index in [1.165, 1.54) is 25.7 Å². The molecule has 166 valence electrons. The molecule has 0 unspecified atom stereocenters. The van der Waals surface area contributed by atoms with Crippen molar-refractivity contribution in [2.24, 2.45) is 0 Å². The first kappa shape index (κ1) is 21.6. The molecule has 1 saturated heterocycles. The summed E-state index contributed by atoms with van der Waals surface area (Å²) in [5.74, 6) is 0.0688. The molecule has 6 nitrogen and oxygen atoms in total. The number of sulfonamides is 1. The summed E-state index contributed by atoms with van der Waals surface area (Å²) in [6, 6.07) is 5.74. The van der Waals surface area contributed by atoms with Crippen molar-refractivity contribution in [3.63, 3.8) is 0 Å². The van der Waals surface area contributed by atoms with E-state index >= 15 is 0 Å². The van der Waals surface area contributed by atoms with Crippen molar-refractivity contribution in [2.75, 3.05) is 31.1 Å². The van der Waals surface area contributed by atoms with Crippen molar-refractivity contribution in [1.82, 2.24) is 9.62 Å². The second-order valence-corrected chi connectivity index (χ2v) is 11.7. The summed E-state index contributed by atoms with van der Waals surface area (Å²) in [7, 11) is -3.44. The average molecular weight is 434 g/mol. The molecule has 1 aromatic carbocycles. The van der Waals surface area contributed by atoms with Crippen LogP contribution in [-0.2, 0) is 20.2 Å². The first-order valence-corrected chi connectivity index (χ1v) is 12.9. The Morgan fingerprint density at radius 3 is 2.40 bits per heavy atom. The van der Waals surface area contributed by atoms with E-state index in [0.29, 0.717) is 37.1 Å². The van der Waals surface area contributed by atoms with Crippen molar-refractivity contribution in [3.8, 4) is 0 Å². The molecule has 0 aromatic heterocycles. The van der Waals surface area contributed by atoms with E-state index in [9.17, 15) is 13.2 Å². The third kappa shape index (κ3) is 4.37. The van der Waals surface area contributed by atoms with E-state index in [1.54, 1.807) is 10.4 Å². The number of carbonyl (C=O) groups is 1. The van der Waals surface area contributed by atoms with Gasteiger partial charge in [0.15, 0.2) is 0 Å². The molecule has 1 N–H and O–H groups in total. The van der Waals surface area contributed by atoms with Crippen LogP contribution in [0.3, 0.4) is 0 Å². The zero-order valence-electron chi connectivity index (χ0n) is 18.3. The zero-order valence-corrected chi connectivity index (χ0v) is 19.1. The lowest BCUT2D eigenvalue weighted by Crippen LogP contribution is -2.42. The van der Waals surface area contributed by atoms with Gasteiger partial charge < -0.3 is 10.2 Å². The van der Waals surface area contributed by atoms with Crippen LogP contribution in [-0.4, -0.2) is 50.9 Å². The number of hydrogen-bond acceptors (Lipinski definition) is 4. The quantitative estimate of drug-likeness (QED) is 0.723. The summed E-state index contributed by atoms with van der Waals surface area (Å²) in [5.41, 5.74) is 1.80. The molecule has 2 aliphatic heterocycles. The van der Waals surface area contributed by atoms with Gasteiger partial charge in [-0.1, -0.05) is 39.5 Å². The van der Waals surface area contributed by atoms with Gasteiger partial charge in [-0.25, -0.2) is 8.42 Å². The number of benzene rings is 1. The van der Waals surface area contributed by atoms with Gasteiger partial charge in [0.2, 0.25) is 15.9 Å². The molecule has 1 aromatic rings. The maximum absolute atomic E-state index is 13.0. The summed E-state index contributed by atoms with van der Waals surface area (Å²) in [6.07, 6.45) is 8.93. The Morgan fingerprint density at radius 2 is 1.73 bits per heavy atom. The summed E-state index contributed by atoms with van der Waals surface area (Å²) in [4.78, 5) is 15.2. The fourth-order valence-corrected chi connectivity index (χ4v) is 6.77. The summed E-state index contributed by atoms with van der Waals surface area (Å²) >= 11 is 0. The summed E-state index contributed by atoms with van der Waals surface area (Å²) < 4.78 is 27.6. The molecule has 0 atom stereocenters. The number of rotatable bonds is 5. The maximum atomic E-state index is 13.0. The van der Waals surface area contributed by atoms with Gasteiger partial charge in [-0.2, -0.15) is 4.31 Å². The van der Waals surface area contributed by atoms with Gasteiger partial charge in [0.1, 0.15) is 0 Å². The monoisotopic (exact) mass is 433 g/mol. The van der Waals surface area contributed by atoms with Crippen LogP contribution >= 0.6 is 0 Å². The van der Waals surface area contributed by atoms with Crippen LogP contribution in [0.25, 0.3) is 0 Å². The molecule has 2 heterocycles. The zero-order chi connectivity index (χ0) is 21.4. The van der Waals surface area contributed by atoms with Gasteiger partial charge >= 0.3 is 0 Å². The van der Waals surface area contributed by atoms with Crippen LogP contribution in [0.5, 0.6) is 0 Å². The van der Waals surface area contributed by atoms with Crippen LogP contribution in [0.1, 0.15) is 70.8 Å². The van der Waals surface area contributed by atoms with Gasteiger partial charge in [-0.15, -0.1) is 0 Å². The molecule has 1 aliphatic carbocycles. The highest BCUT2D eigenvalue weighted by Gasteiger charge is 2.38. The van der Waals surface area contributed by atoms with Gasteiger partial charge in [0.25, 0.3) is 0 Å². The second kappa shape index (κ2) is 8.50. The Labute approximate surface area is 181 Å². The molecule has 1 amide bonds. The highest BCUT2D eigenvalue weighted by atomic mass is 32.2. The van der Waals surface area contributed by atoms with E-state index in [0.717, 1.165) is 36.9 Å². The van der Waals surface area contributed by atoms with E-state index in [1.807, 2.05) is 12.1 Å². The molecule has 0 spiro atoms. The topological polar surface area (TPSA) is 69.7 Å². The van der Waals surface area contributed by atoms with E-state index in [-0.39, 0.29) is 11.3 Å². The van der Waals surface area contributed by atoms with Crippen LogP contribution in [0, 0.1) is 0 Å². The predicted octanol–water partition coefficient (Wildman–Crippen LogP) is 3.41. The lowest BCUT2D eigenvalue weighted by atomic mass is 9.87. The Hall–Kier alpha value is -1.60. The Balaban J connectivity index is 1.50. The standard InChI is InChI=1S/C23H35N3O3S/c1-23(2)17-25(16-22(27)24-18-9-5-3-4-6-10-18)21-12-11-19(15-20(21)23)30(28,29)26-13-7-8-14-26/h11-12,15,18H,3-10,13-14,16-17H2,1-2H3,(H,24,27). The first-order valence-electron chi connectivity index (χ1n) is 11.5. The molecular weight excluding hydrogens is 398 g/mol. The van der Waals surface area contributed by atoms with Crippen LogP contribution in [0.4, 0.5) is 5.69 Å². The van der Waals surface area contributed by atoms with Crippen molar-refractivity contribution in [1.29, 1.82) is 0 Å². The molecule has 30 heavy (non-hydrogen) atoms. The highest BCUT2D eigenvalue weighted by molar-refractivity contribution is 7.89. The number of amides is 1. The van der Waals surface area contributed by atoms with Gasteiger partial charge in [-0.05, 0) is 49.4 Å². The van der Waals surface area contributed by atoms with Crippen molar-refractivity contribution in [2.45, 2.75) is 81.6 Å². The molecule has 1 saturated carbocycles. The number of nitrogens with one attached hydrogen (secondary N) is 1. The lowest BCUT2D eigenvalue weighted by molar-refractivity contribution is -0.120. The number of anilines is 1. The van der Waals surface area contributed by atoms with Crippen LogP contribution < -0.4 is 10.2 Å². The minimum atomic E-state index is -3.44. The third-order valence-corrected chi connectivity index (χ3v) is 8.78. The number of hydrogen-bond donors (Lipinski definition) is 1. The Bertz CT molecular complexity index is 883. The van der Waals surface area contributed by atoms with Gasteiger partial charge in [0.05, 0.1) is 11.4 Å². The van der Waals surface area contributed by atoms with E-state index in [2.05, 4.69) is 24.1 Å². The maximum Gasteiger partial charge on any atom is 0.243 e. The highest BCUT2D eigenvalue weighted by Crippen LogP contribution is 2.41. The lowest BCUT2D eigenvalue weighted by Gasteiger charge is -2.23. The number of nitrogens with zero attached hydrogens (tertiary/aromatic N) is 2. The Morgan fingerprint density at radius 1 is 1.07 bits per heavy atom. The molecule has 0 radical (unpaired) electrons. The van der Waals surface area contributed by atoms with Crippen molar-refractivity contribution < 1.29 is 13.2 Å². The van der Waals surface area contributed by atoms with Gasteiger partial charge in [0, 0.05) is 36.8 Å². The summed E-state index contributed by atoms with van der Waals surface area (Å²) in [6.45, 7) is 6.51. The molecule has 2 fully saturated rings. The van der Waals surface area contributed by atoms with Crippen LogP contribution in [0.2, 0.25) is 0 Å². The molecule has 3 aliphatic rings. The summed E-state index contributed by atoms with van der Waals surface area (Å²) in [5, 5.41) is 3.23. The average Bonchev–Trinajstić information content (AvgIpc) is 3.23. The predicted molar refractivity (Wildman–Crippen MR) is 119 cm³/mol. The third-order valence-electron chi connectivity index (χ3n) is 6.88. The second-order valence-electron chi connectivity index (χ2n) is 9.79. The number of fused-ring (bicyclic) bond motifs is 1. The van der Waals surface area contributed by atoms with Crippen LogP contribution in [0.15, 0.2) is 23.1 Å². The molecule has 7 heteroatoms. The largest absolute Gasteiger partial charge is 0.361 e. The normalized spacial score (nSPS) is 22.7. The smallest absolute Gasteiger partial charge is 0.243 e. The molecule has 4 rings (SSSR count).